The third kappa shape index (κ3) is 5.10. The summed E-state index contributed by atoms with van der Waals surface area (Å²) in [4.78, 5) is 57.6. The number of hydrogen-bond acceptors (Lipinski definition) is 5. The van der Waals surface area contributed by atoms with Crippen molar-refractivity contribution in [3.05, 3.63) is 95.6 Å². The Bertz CT molecular complexity index is 1460. The van der Waals surface area contributed by atoms with Crippen molar-refractivity contribution in [3.8, 4) is 5.75 Å². The Balaban J connectivity index is 1.54. The molecule has 3 aromatic carbocycles. The van der Waals surface area contributed by atoms with Crippen LogP contribution >= 0.6 is 0 Å². The second-order valence-electron chi connectivity index (χ2n) is 11.7. The molecule has 4 unspecified atom stereocenters. The molecule has 0 aromatic heterocycles. The van der Waals surface area contributed by atoms with Gasteiger partial charge in [-0.05, 0) is 46.4 Å². The van der Waals surface area contributed by atoms with Crippen LogP contribution in [0.3, 0.4) is 0 Å². The second-order valence-corrected chi connectivity index (χ2v) is 11.7. The van der Waals surface area contributed by atoms with E-state index in [0.29, 0.717) is 17.0 Å². The molecule has 2 saturated heterocycles. The number of anilines is 1. The van der Waals surface area contributed by atoms with Crippen LogP contribution in [0.5, 0.6) is 5.75 Å². The molecule has 2 fully saturated rings. The fourth-order valence-corrected chi connectivity index (χ4v) is 5.99. The largest absolute Gasteiger partial charge is 0.497 e. The highest BCUT2D eigenvalue weighted by atomic mass is 16.5. The van der Waals surface area contributed by atoms with Crippen LogP contribution in [0.4, 0.5) is 5.69 Å². The van der Waals surface area contributed by atoms with E-state index in [0.717, 1.165) is 11.1 Å². The number of nitrogens with zero attached hydrogens (tertiary/aromatic N) is 2. The molecule has 212 valence electrons. The van der Waals surface area contributed by atoms with E-state index < -0.39 is 41.6 Å². The number of imide groups is 1. The molecule has 0 radical (unpaired) electrons. The quantitative estimate of drug-likeness (QED) is 0.457. The van der Waals surface area contributed by atoms with Gasteiger partial charge < -0.3 is 15.0 Å². The van der Waals surface area contributed by atoms with E-state index in [2.05, 4.69) is 26.1 Å². The third-order valence-corrected chi connectivity index (χ3v) is 8.07. The molecule has 0 saturated carbocycles. The van der Waals surface area contributed by atoms with E-state index in [1.54, 1.807) is 43.5 Å². The van der Waals surface area contributed by atoms with Gasteiger partial charge in [0.05, 0.1) is 30.7 Å². The Labute approximate surface area is 240 Å². The minimum Gasteiger partial charge on any atom is -0.497 e. The van der Waals surface area contributed by atoms with Crippen molar-refractivity contribution in [1.29, 1.82) is 0 Å². The number of benzene rings is 3. The van der Waals surface area contributed by atoms with Crippen LogP contribution in [-0.4, -0.2) is 41.7 Å². The summed E-state index contributed by atoms with van der Waals surface area (Å²) in [7, 11) is 1.58. The highest BCUT2D eigenvalue weighted by Crippen LogP contribution is 2.51. The Morgan fingerprint density at radius 2 is 1.46 bits per heavy atom. The molecule has 41 heavy (non-hydrogen) atoms. The van der Waals surface area contributed by atoms with Crippen molar-refractivity contribution in [2.45, 2.75) is 51.7 Å². The van der Waals surface area contributed by atoms with Gasteiger partial charge in [0, 0.05) is 13.5 Å². The molecule has 0 bridgehead atoms. The first-order chi connectivity index (χ1) is 19.5. The zero-order chi connectivity index (χ0) is 29.5. The second kappa shape index (κ2) is 10.8. The van der Waals surface area contributed by atoms with Crippen LogP contribution in [0.25, 0.3) is 0 Å². The monoisotopic (exact) mass is 553 g/mol. The summed E-state index contributed by atoms with van der Waals surface area (Å²) < 4.78 is 5.21. The van der Waals surface area contributed by atoms with E-state index in [4.69, 9.17) is 4.74 Å². The van der Waals surface area contributed by atoms with Crippen LogP contribution in [-0.2, 0) is 31.1 Å². The number of likely N-dealkylation sites (tertiary alicyclic amines) is 1. The third-order valence-electron chi connectivity index (χ3n) is 8.07. The maximum absolute atomic E-state index is 14.0. The van der Waals surface area contributed by atoms with Gasteiger partial charge in [0.25, 0.3) is 0 Å². The highest BCUT2D eigenvalue weighted by molar-refractivity contribution is 6.24. The number of rotatable bonds is 6. The average Bonchev–Trinajstić information content (AvgIpc) is 3.45. The van der Waals surface area contributed by atoms with Crippen LogP contribution in [0.15, 0.2) is 78.9 Å². The standard InChI is InChI=1S/C33H35N3O5/c1-20(37)35-28(22-13-15-23(16-14-22)33(2,3)4)26-27(32(40)36(31(26)39)24-9-7-6-8-10-24)29(35)30(38)34-19-21-11-17-25(41-5)18-12-21/h6-18,26-29H,19H2,1-5H3,(H,34,38). The number of carbonyl (C=O) groups is 4. The Morgan fingerprint density at radius 1 is 0.854 bits per heavy atom. The summed E-state index contributed by atoms with van der Waals surface area (Å²) in [6.45, 7) is 7.89. The number of nitrogens with one attached hydrogen (secondary N) is 1. The van der Waals surface area contributed by atoms with Crippen molar-refractivity contribution < 1.29 is 23.9 Å². The first-order valence-corrected chi connectivity index (χ1v) is 13.8. The molecule has 2 aliphatic heterocycles. The zero-order valence-electron chi connectivity index (χ0n) is 24.0. The lowest BCUT2D eigenvalue weighted by Crippen LogP contribution is -2.51. The van der Waals surface area contributed by atoms with Gasteiger partial charge in [-0.25, -0.2) is 4.90 Å². The number of fused-ring (bicyclic) bond motifs is 1. The average molecular weight is 554 g/mol. The predicted octanol–water partition coefficient (Wildman–Crippen LogP) is 4.39. The molecule has 2 heterocycles. The van der Waals surface area contributed by atoms with E-state index in [-0.39, 0.29) is 17.9 Å². The minimum absolute atomic E-state index is 0.0931. The highest BCUT2D eigenvalue weighted by Gasteiger charge is 2.65. The molecule has 5 rings (SSSR count). The summed E-state index contributed by atoms with van der Waals surface area (Å²) in [6, 6.07) is 21.8. The lowest BCUT2D eigenvalue weighted by molar-refractivity contribution is -0.141. The summed E-state index contributed by atoms with van der Waals surface area (Å²) >= 11 is 0. The smallest absolute Gasteiger partial charge is 0.243 e. The fourth-order valence-electron chi connectivity index (χ4n) is 5.99. The minimum atomic E-state index is -1.15. The van der Waals surface area contributed by atoms with E-state index in [9.17, 15) is 19.2 Å². The summed E-state index contributed by atoms with van der Waals surface area (Å²) in [6.07, 6.45) is 0. The van der Waals surface area contributed by atoms with Gasteiger partial charge in [-0.3, -0.25) is 19.2 Å². The van der Waals surface area contributed by atoms with E-state index >= 15 is 0 Å². The summed E-state index contributed by atoms with van der Waals surface area (Å²) in [5.74, 6) is -2.96. The number of para-hydroxylation sites is 1. The van der Waals surface area contributed by atoms with Crippen molar-refractivity contribution in [2.24, 2.45) is 11.8 Å². The van der Waals surface area contributed by atoms with E-state index in [1.165, 1.54) is 16.7 Å². The van der Waals surface area contributed by atoms with Gasteiger partial charge in [0.1, 0.15) is 11.8 Å². The summed E-state index contributed by atoms with van der Waals surface area (Å²) in [5, 5.41) is 2.91. The molecule has 0 spiro atoms. The van der Waals surface area contributed by atoms with Crippen molar-refractivity contribution >= 4 is 29.3 Å². The molecule has 2 aliphatic rings. The molecule has 1 N–H and O–H groups in total. The Morgan fingerprint density at radius 3 is 2.02 bits per heavy atom. The van der Waals surface area contributed by atoms with Gasteiger partial charge >= 0.3 is 0 Å². The molecular weight excluding hydrogens is 518 g/mol. The molecule has 8 nitrogen and oxygen atoms in total. The lowest BCUT2D eigenvalue weighted by Gasteiger charge is -2.32. The van der Waals surface area contributed by atoms with Gasteiger partial charge in [0.2, 0.25) is 23.6 Å². The van der Waals surface area contributed by atoms with Crippen LogP contribution in [0.1, 0.15) is 50.4 Å². The molecule has 0 aliphatic carbocycles. The lowest BCUT2D eigenvalue weighted by atomic mass is 9.83. The fraction of sp³-hybridized carbons (Fsp3) is 0.333. The molecule has 4 amide bonds. The first-order valence-electron chi connectivity index (χ1n) is 13.8. The number of ether oxygens (including phenoxy) is 1. The summed E-state index contributed by atoms with van der Waals surface area (Å²) in [5.41, 5.74) is 3.00. The van der Waals surface area contributed by atoms with Crippen molar-refractivity contribution in [1.82, 2.24) is 10.2 Å². The maximum atomic E-state index is 14.0. The van der Waals surface area contributed by atoms with Gasteiger partial charge in [-0.2, -0.15) is 0 Å². The number of amides is 4. The topological polar surface area (TPSA) is 96.0 Å². The molecule has 4 atom stereocenters. The molecule has 3 aromatic rings. The number of carbonyl (C=O) groups excluding carboxylic acids is 4. The predicted molar refractivity (Wildman–Crippen MR) is 155 cm³/mol. The zero-order valence-corrected chi connectivity index (χ0v) is 24.0. The van der Waals surface area contributed by atoms with Crippen LogP contribution < -0.4 is 15.0 Å². The van der Waals surface area contributed by atoms with Gasteiger partial charge in [-0.15, -0.1) is 0 Å². The number of methoxy groups -OCH3 is 1. The first kappa shape index (κ1) is 28.1. The number of hydrogen-bond donors (Lipinski definition) is 1. The normalized spacial score (nSPS) is 22.1. The van der Waals surface area contributed by atoms with Crippen molar-refractivity contribution in [3.63, 3.8) is 0 Å². The van der Waals surface area contributed by atoms with E-state index in [1.807, 2.05) is 42.5 Å². The molecular formula is C33H35N3O5. The Hall–Kier alpha value is -4.46. The van der Waals surface area contributed by atoms with Gasteiger partial charge in [-0.1, -0.05) is 75.4 Å². The SMILES string of the molecule is COc1ccc(CNC(=O)C2C3C(=O)N(c4ccccc4)C(=O)C3C(c3ccc(C(C)(C)C)cc3)N2C(C)=O)cc1. The maximum Gasteiger partial charge on any atom is 0.243 e. The Kier molecular flexibility index (Phi) is 7.43. The van der Waals surface area contributed by atoms with Crippen LogP contribution in [0, 0.1) is 11.8 Å². The van der Waals surface area contributed by atoms with Gasteiger partial charge in [0.15, 0.2) is 0 Å². The van der Waals surface area contributed by atoms with Crippen LogP contribution in [0.2, 0.25) is 0 Å². The molecule has 8 heteroatoms. The van der Waals surface area contributed by atoms with Crippen molar-refractivity contribution in [2.75, 3.05) is 12.0 Å².